The maximum Gasteiger partial charge on any atom is 0.220 e. The van der Waals surface area contributed by atoms with Crippen LogP contribution in [0.3, 0.4) is 0 Å². The molecule has 2 aromatic carbocycles. The van der Waals surface area contributed by atoms with E-state index in [1.807, 2.05) is 0 Å². The molecule has 0 radical (unpaired) electrons. The Balaban J connectivity index is 1.63. The lowest BCUT2D eigenvalue weighted by atomic mass is 9.85. The second-order valence-corrected chi connectivity index (χ2v) is 8.43. The Morgan fingerprint density at radius 2 is 1.67 bits per heavy atom. The van der Waals surface area contributed by atoms with Crippen molar-refractivity contribution >= 4 is 5.91 Å². The fourth-order valence-corrected chi connectivity index (χ4v) is 5.10. The third-order valence-corrected chi connectivity index (χ3v) is 6.34. The zero-order valence-electron chi connectivity index (χ0n) is 16.2. The number of rotatable bonds is 4. The first-order valence-corrected chi connectivity index (χ1v) is 10.3. The molecule has 4 rings (SSSR count). The molecule has 0 bridgehead atoms. The molecule has 0 aromatic heterocycles. The highest BCUT2D eigenvalue weighted by atomic mass is 16.1. The molecule has 2 heterocycles. The van der Waals surface area contributed by atoms with Crippen molar-refractivity contribution in [1.29, 1.82) is 0 Å². The van der Waals surface area contributed by atoms with Crippen molar-refractivity contribution < 1.29 is 4.79 Å². The summed E-state index contributed by atoms with van der Waals surface area (Å²) in [6, 6.07) is 22.4. The summed E-state index contributed by atoms with van der Waals surface area (Å²) < 4.78 is 0. The van der Waals surface area contributed by atoms with Crippen LogP contribution in [0.2, 0.25) is 0 Å². The Morgan fingerprint density at radius 1 is 1.00 bits per heavy atom. The van der Waals surface area contributed by atoms with Gasteiger partial charge in [0.15, 0.2) is 0 Å². The summed E-state index contributed by atoms with van der Waals surface area (Å²) >= 11 is 0. The molecule has 1 amide bonds. The highest BCUT2D eigenvalue weighted by Gasteiger charge is 2.49. The molecule has 0 spiro atoms. The van der Waals surface area contributed by atoms with Gasteiger partial charge < -0.3 is 5.32 Å². The van der Waals surface area contributed by atoms with Gasteiger partial charge in [-0.15, -0.1) is 0 Å². The van der Waals surface area contributed by atoms with Crippen molar-refractivity contribution in [2.45, 2.75) is 69.6 Å². The molecule has 142 valence electrons. The normalized spacial score (nSPS) is 28.9. The molecule has 2 saturated heterocycles. The van der Waals surface area contributed by atoms with Crippen molar-refractivity contribution in [3.8, 4) is 0 Å². The summed E-state index contributed by atoms with van der Waals surface area (Å²) in [4.78, 5) is 15.1. The van der Waals surface area contributed by atoms with Gasteiger partial charge >= 0.3 is 0 Å². The molecule has 3 heteroatoms. The number of nitrogens with one attached hydrogen (secondary N) is 1. The minimum absolute atomic E-state index is 0.133. The van der Waals surface area contributed by atoms with Crippen LogP contribution in [-0.4, -0.2) is 28.4 Å². The van der Waals surface area contributed by atoms with Crippen molar-refractivity contribution in [2.75, 3.05) is 0 Å². The molecule has 0 aliphatic carbocycles. The molecule has 3 nitrogen and oxygen atoms in total. The molecule has 1 N–H and O–H groups in total. The Hall–Kier alpha value is -2.13. The number of hydrogen-bond acceptors (Lipinski definition) is 2. The van der Waals surface area contributed by atoms with Gasteiger partial charge in [-0.05, 0) is 43.7 Å². The Kier molecular flexibility index (Phi) is 5.31. The van der Waals surface area contributed by atoms with Crippen molar-refractivity contribution in [2.24, 2.45) is 0 Å². The second kappa shape index (κ2) is 7.85. The molecule has 0 saturated carbocycles. The second-order valence-electron chi connectivity index (χ2n) is 8.43. The highest BCUT2D eigenvalue weighted by Crippen LogP contribution is 2.39. The average molecular weight is 363 g/mol. The van der Waals surface area contributed by atoms with E-state index >= 15 is 0 Å². The molecule has 2 fully saturated rings. The standard InChI is InChI=1S/C24H30N2O/c1-24-17-21(16-19-10-4-2-5-11-19)26(18-20-12-6-3-7-13-20)22(24)14-8-9-15-23(27)25-24/h2-7,10-13,21-22H,8-9,14-18H2,1H3,(H,25,27)/t21-,22+,24+/m1/s1. The first kappa shape index (κ1) is 18.2. The van der Waals surface area contributed by atoms with Crippen LogP contribution < -0.4 is 5.32 Å². The number of benzene rings is 2. The van der Waals surface area contributed by atoms with E-state index in [4.69, 9.17) is 0 Å². The molecule has 3 atom stereocenters. The van der Waals surface area contributed by atoms with Gasteiger partial charge in [0.1, 0.15) is 0 Å². The number of carbonyl (C=O) groups is 1. The zero-order valence-corrected chi connectivity index (χ0v) is 16.2. The molecule has 0 unspecified atom stereocenters. The quantitative estimate of drug-likeness (QED) is 0.878. The minimum Gasteiger partial charge on any atom is -0.349 e. The van der Waals surface area contributed by atoms with Crippen LogP contribution in [0.4, 0.5) is 0 Å². The lowest BCUT2D eigenvalue weighted by Crippen LogP contribution is -2.55. The van der Waals surface area contributed by atoms with Crippen LogP contribution in [0.25, 0.3) is 0 Å². The summed E-state index contributed by atoms with van der Waals surface area (Å²) in [5.41, 5.74) is 2.60. The number of carbonyl (C=O) groups excluding carboxylic acids is 1. The van der Waals surface area contributed by atoms with E-state index in [-0.39, 0.29) is 11.4 Å². The predicted octanol–water partition coefficient (Wildman–Crippen LogP) is 4.32. The van der Waals surface area contributed by atoms with Gasteiger partial charge in [-0.1, -0.05) is 67.1 Å². The van der Waals surface area contributed by atoms with E-state index in [1.165, 1.54) is 11.1 Å². The summed E-state index contributed by atoms with van der Waals surface area (Å²) in [6.45, 7) is 3.22. The Bertz CT molecular complexity index is 760. The van der Waals surface area contributed by atoms with E-state index in [1.54, 1.807) is 0 Å². The minimum atomic E-state index is -0.133. The molecule has 2 aliphatic rings. The molecular formula is C24H30N2O. The van der Waals surface area contributed by atoms with Crippen molar-refractivity contribution in [1.82, 2.24) is 10.2 Å². The van der Waals surface area contributed by atoms with E-state index in [0.29, 0.717) is 18.5 Å². The SMILES string of the molecule is C[C@]12C[C@@H](Cc3ccccc3)N(Cc3ccccc3)[C@H]1CCCCC(=O)N2. The van der Waals surface area contributed by atoms with Gasteiger partial charge in [0.2, 0.25) is 5.91 Å². The topological polar surface area (TPSA) is 32.3 Å². The number of nitrogens with zero attached hydrogens (tertiary/aromatic N) is 1. The maximum absolute atomic E-state index is 12.4. The van der Waals surface area contributed by atoms with Gasteiger partial charge in [-0.2, -0.15) is 0 Å². The van der Waals surface area contributed by atoms with E-state index in [0.717, 1.165) is 38.6 Å². The number of fused-ring (bicyclic) bond motifs is 1. The molecular weight excluding hydrogens is 332 g/mol. The molecule has 2 aromatic rings. The predicted molar refractivity (Wildman–Crippen MR) is 109 cm³/mol. The van der Waals surface area contributed by atoms with Gasteiger partial charge in [0, 0.05) is 25.0 Å². The molecule has 27 heavy (non-hydrogen) atoms. The van der Waals surface area contributed by atoms with Gasteiger partial charge in [0.05, 0.1) is 5.54 Å². The largest absolute Gasteiger partial charge is 0.349 e. The fraction of sp³-hybridized carbons (Fsp3) is 0.458. The maximum atomic E-state index is 12.4. The van der Waals surface area contributed by atoms with Crippen molar-refractivity contribution in [3.63, 3.8) is 0 Å². The van der Waals surface area contributed by atoms with Crippen molar-refractivity contribution in [3.05, 3.63) is 71.8 Å². The van der Waals surface area contributed by atoms with Gasteiger partial charge in [0.25, 0.3) is 0 Å². The first-order valence-electron chi connectivity index (χ1n) is 10.3. The monoisotopic (exact) mass is 362 g/mol. The first-order chi connectivity index (χ1) is 13.1. The summed E-state index contributed by atoms with van der Waals surface area (Å²) in [5.74, 6) is 0.224. The van der Waals surface area contributed by atoms with Crippen LogP contribution in [0.15, 0.2) is 60.7 Å². The van der Waals surface area contributed by atoms with Crippen LogP contribution in [0.1, 0.15) is 50.2 Å². The van der Waals surface area contributed by atoms with Crippen LogP contribution in [0.5, 0.6) is 0 Å². The number of hydrogen-bond donors (Lipinski definition) is 1. The van der Waals surface area contributed by atoms with Crippen LogP contribution >= 0.6 is 0 Å². The Morgan fingerprint density at radius 3 is 2.37 bits per heavy atom. The lowest BCUT2D eigenvalue weighted by Gasteiger charge is -2.38. The lowest BCUT2D eigenvalue weighted by molar-refractivity contribution is -0.123. The van der Waals surface area contributed by atoms with E-state index < -0.39 is 0 Å². The highest BCUT2D eigenvalue weighted by molar-refractivity contribution is 5.77. The smallest absolute Gasteiger partial charge is 0.220 e. The molecule has 2 aliphatic heterocycles. The van der Waals surface area contributed by atoms with E-state index in [9.17, 15) is 4.79 Å². The van der Waals surface area contributed by atoms with E-state index in [2.05, 4.69) is 77.8 Å². The third kappa shape index (κ3) is 4.08. The average Bonchev–Trinajstić information content (AvgIpc) is 2.89. The summed E-state index contributed by atoms with van der Waals surface area (Å²) in [5, 5.41) is 3.41. The zero-order chi connectivity index (χ0) is 18.7. The van der Waals surface area contributed by atoms with Crippen LogP contribution in [-0.2, 0) is 17.8 Å². The third-order valence-electron chi connectivity index (χ3n) is 6.34. The number of likely N-dealkylation sites (tertiary alicyclic amines) is 1. The fourth-order valence-electron chi connectivity index (χ4n) is 5.10. The number of amides is 1. The van der Waals surface area contributed by atoms with Crippen LogP contribution in [0, 0.1) is 0 Å². The summed E-state index contributed by atoms with van der Waals surface area (Å²) in [7, 11) is 0. The van der Waals surface area contributed by atoms with Gasteiger partial charge in [-0.25, -0.2) is 0 Å². The summed E-state index contributed by atoms with van der Waals surface area (Å²) in [6.07, 6.45) is 6.03. The Labute approximate surface area is 162 Å². The van der Waals surface area contributed by atoms with Gasteiger partial charge in [-0.3, -0.25) is 9.69 Å².